The maximum atomic E-state index is 15.1. The van der Waals surface area contributed by atoms with E-state index in [2.05, 4.69) is 101 Å². The smallest absolute Gasteiger partial charge is 0.409 e. The number of unbranched alkanes of at least 4 members (excludes halogenated alkanes) is 15. The van der Waals surface area contributed by atoms with E-state index in [0.29, 0.717) is 23.8 Å². The van der Waals surface area contributed by atoms with Gasteiger partial charge in [-0.25, -0.2) is 4.79 Å². The monoisotopic (exact) mass is 896 g/mol. The van der Waals surface area contributed by atoms with E-state index in [1.54, 1.807) is 7.11 Å². The lowest BCUT2D eigenvalue weighted by molar-refractivity contribution is -0.0413. The number of rotatable bonds is 27. The topological polar surface area (TPSA) is 62.8 Å². The number of piperidine rings is 3. The van der Waals surface area contributed by atoms with Crippen LogP contribution >= 0.6 is 11.8 Å². The third kappa shape index (κ3) is 12.7. The van der Waals surface area contributed by atoms with Crippen molar-refractivity contribution in [2.45, 2.75) is 146 Å². The van der Waals surface area contributed by atoms with Crippen molar-refractivity contribution in [2.24, 2.45) is 11.8 Å². The van der Waals surface area contributed by atoms with Crippen LogP contribution in [0.3, 0.4) is 0 Å². The molecule has 0 spiro atoms. The summed E-state index contributed by atoms with van der Waals surface area (Å²) in [6, 6.07) is 37.0. The van der Waals surface area contributed by atoms with Crippen molar-refractivity contribution >= 4 is 29.1 Å². The number of methoxy groups -OCH3 is 1. The Hall–Kier alpha value is -4.46. The zero-order valence-electron chi connectivity index (χ0n) is 39.6. The molecule has 4 aliphatic rings. The van der Waals surface area contributed by atoms with Crippen molar-refractivity contribution in [1.82, 2.24) is 10.2 Å². The summed E-state index contributed by atoms with van der Waals surface area (Å²) in [7, 11) is 1.71. The molecule has 1 amide bonds. The number of alkyl carbamates (subject to hydrolysis) is 1. The molecule has 6 atom stereocenters. The Balaban J connectivity index is 1.04. The summed E-state index contributed by atoms with van der Waals surface area (Å²) in [5, 5.41) is 7.47. The predicted octanol–water partition coefficient (Wildman–Crippen LogP) is 14.8. The molecule has 8 rings (SSSR count). The molecule has 2 bridgehead atoms. The first kappa shape index (κ1) is 48.5. The number of nitrogens with one attached hydrogen (secondary N) is 2. The average Bonchev–Trinajstić information content (AvgIpc) is 3.36. The molecule has 2 N–H and O–H groups in total. The Bertz CT molecular complexity index is 1960. The predicted molar refractivity (Wildman–Crippen MR) is 275 cm³/mol. The quantitative estimate of drug-likeness (QED) is 0.0353. The number of nitrogens with zero attached hydrogens (tertiary/aromatic N) is 1. The largest absolute Gasteiger partial charge is 0.497 e. The van der Waals surface area contributed by atoms with E-state index < -0.39 is 17.7 Å². The van der Waals surface area contributed by atoms with Gasteiger partial charge in [0, 0.05) is 29.9 Å². The molecule has 3 fully saturated rings. The Labute approximate surface area is 396 Å². The maximum Gasteiger partial charge on any atom is 0.409 e. The molecule has 0 radical (unpaired) electrons. The van der Waals surface area contributed by atoms with Crippen LogP contribution in [-0.4, -0.2) is 54.5 Å². The molecule has 0 aromatic heterocycles. The normalized spacial score (nSPS) is 20.5. The summed E-state index contributed by atoms with van der Waals surface area (Å²) in [5.41, 5.74) is 4.96. The molecule has 3 saturated heterocycles. The molecule has 3 unspecified atom stereocenters. The molecule has 6 nitrogen and oxygen atoms in total. The number of carbonyl (C=O) groups excluding carboxylic acids is 1. The highest BCUT2D eigenvalue weighted by molar-refractivity contribution is 7.99. The van der Waals surface area contributed by atoms with Gasteiger partial charge >= 0.3 is 6.09 Å². The first-order valence-corrected chi connectivity index (χ1v) is 26.4. The van der Waals surface area contributed by atoms with E-state index in [1.807, 2.05) is 60.7 Å². The average molecular weight is 896 g/mol. The number of carbonyl (C=O) groups is 1. The van der Waals surface area contributed by atoms with Gasteiger partial charge in [0.1, 0.15) is 17.4 Å². The molecule has 4 aliphatic heterocycles. The van der Waals surface area contributed by atoms with Gasteiger partial charge in [-0.2, -0.15) is 0 Å². The molecule has 7 heteroatoms. The fourth-order valence-corrected chi connectivity index (χ4v) is 12.3. The Kier molecular flexibility index (Phi) is 19.0. The summed E-state index contributed by atoms with van der Waals surface area (Å²) >= 11 is 2.12. The van der Waals surface area contributed by atoms with E-state index in [-0.39, 0.29) is 6.04 Å². The summed E-state index contributed by atoms with van der Waals surface area (Å²) in [4.78, 5) is 17.8. The number of hydrogen-bond donors (Lipinski definition) is 2. The summed E-state index contributed by atoms with van der Waals surface area (Å²) < 4.78 is 12.8. The maximum absolute atomic E-state index is 15.1. The number of ether oxygens (including phenoxy) is 2. The van der Waals surface area contributed by atoms with Crippen molar-refractivity contribution in [1.29, 1.82) is 0 Å². The third-order valence-corrected chi connectivity index (χ3v) is 15.8. The fourth-order valence-electron chi connectivity index (χ4n) is 10.9. The van der Waals surface area contributed by atoms with Crippen molar-refractivity contribution in [3.05, 3.63) is 150 Å². The Morgan fingerprint density at radius 3 is 1.82 bits per heavy atom. The Morgan fingerprint density at radius 2 is 1.31 bits per heavy atom. The first-order chi connectivity index (χ1) is 32.0. The first-order valence-electron chi connectivity index (χ1n) is 25.3. The van der Waals surface area contributed by atoms with Crippen LogP contribution in [0.15, 0.2) is 128 Å². The number of fused-ring (bicyclic) bond motifs is 4. The second-order valence-electron chi connectivity index (χ2n) is 18.8. The van der Waals surface area contributed by atoms with Crippen molar-refractivity contribution in [2.75, 3.05) is 31.3 Å². The van der Waals surface area contributed by atoms with Crippen LogP contribution in [-0.2, 0) is 10.3 Å². The number of anilines is 1. The Morgan fingerprint density at radius 1 is 0.769 bits per heavy atom. The third-order valence-electron chi connectivity index (χ3n) is 14.4. The van der Waals surface area contributed by atoms with Gasteiger partial charge in [0.2, 0.25) is 0 Å². The number of amides is 1. The molecule has 0 saturated carbocycles. The minimum Gasteiger partial charge on any atom is -0.497 e. The zero-order valence-corrected chi connectivity index (χ0v) is 40.4. The van der Waals surface area contributed by atoms with Crippen LogP contribution in [0.25, 0.3) is 5.57 Å². The van der Waals surface area contributed by atoms with Crippen LogP contribution in [0.4, 0.5) is 10.5 Å². The lowest BCUT2D eigenvalue weighted by Gasteiger charge is -2.55. The number of benzene rings is 4. The van der Waals surface area contributed by atoms with Gasteiger partial charge < -0.3 is 20.1 Å². The van der Waals surface area contributed by atoms with E-state index >= 15 is 4.79 Å². The van der Waals surface area contributed by atoms with Gasteiger partial charge in [0.05, 0.1) is 18.5 Å². The highest BCUT2D eigenvalue weighted by Gasteiger charge is 2.50. The minimum absolute atomic E-state index is 0.00183. The summed E-state index contributed by atoms with van der Waals surface area (Å²) in [5.74, 6) is 2.83. The molecule has 4 aromatic rings. The van der Waals surface area contributed by atoms with Crippen molar-refractivity contribution in [3.63, 3.8) is 0 Å². The van der Waals surface area contributed by atoms with E-state index in [1.165, 1.54) is 103 Å². The molecule has 65 heavy (non-hydrogen) atoms. The van der Waals surface area contributed by atoms with Gasteiger partial charge in [-0.1, -0.05) is 206 Å². The number of hydrogen-bond acceptors (Lipinski definition) is 6. The molecule has 348 valence electrons. The molecular formula is C58H77N3O3S. The van der Waals surface area contributed by atoms with Gasteiger partial charge in [-0.15, -0.1) is 18.3 Å². The molecule has 4 aromatic carbocycles. The van der Waals surface area contributed by atoms with Gasteiger partial charge in [0.15, 0.2) is 0 Å². The number of thioether (sulfide) groups is 1. The van der Waals surface area contributed by atoms with E-state index in [9.17, 15) is 0 Å². The van der Waals surface area contributed by atoms with Crippen molar-refractivity contribution in [3.8, 4) is 5.75 Å². The van der Waals surface area contributed by atoms with Gasteiger partial charge in [0.25, 0.3) is 0 Å². The lowest BCUT2D eigenvalue weighted by Crippen LogP contribution is -2.62. The van der Waals surface area contributed by atoms with Crippen LogP contribution in [0.1, 0.15) is 145 Å². The lowest BCUT2D eigenvalue weighted by atomic mass is 9.72. The van der Waals surface area contributed by atoms with Crippen molar-refractivity contribution < 1.29 is 14.3 Å². The van der Waals surface area contributed by atoms with Gasteiger partial charge in [-0.3, -0.25) is 4.90 Å². The van der Waals surface area contributed by atoms with Crippen LogP contribution in [0.2, 0.25) is 0 Å². The molecule has 4 heterocycles. The fraction of sp³-hybridized carbons (Fsp3) is 0.500. The highest BCUT2D eigenvalue weighted by atomic mass is 32.2. The summed E-state index contributed by atoms with van der Waals surface area (Å²) in [6.45, 7) is 8.18. The SMILES string of the molecule is C=C[C@H]1CN2C(SCCCCCCCCCCCCCCCCCC)CC1C[C@H]2[C@H](OC(=O)NC(c1ccccc1)(c1ccccc1)c1ccccc1)C1=CCNc2ccc(OC)cc21. The zero-order chi connectivity index (χ0) is 45.1. The highest BCUT2D eigenvalue weighted by Crippen LogP contribution is 2.48. The standard InChI is InChI=1S/C58H77N3O3S/c1-4-6-7-8-9-10-11-12-13-14-15-16-17-18-19-29-40-65-55-42-46-41-54(61(55)44-45(46)5-2)56(51-38-39-59-53-37-36-50(63-3)43-52(51)53)64-57(62)60-58(47-30-23-20-24-31-47,48-32-25-21-26-33-48)49-34-27-22-28-35-49/h5,20-28,30-38,43,45-46,54-56,59H,2,4,6-19,29,39-42,44H2,1,3H3,(H,60,62)/t45-,46?,54-,55?,56+/m0/s1. The van der Waals surface area contributed by atoms with Crippen LogP contribution in [0, 0.1) is 11.8 Å². The van der Waals surface area contributed by atoms with Crippen LogP contribution < -0.4 is 15.4 Å². The molecular weight excluding hydrogens is 819 g/mol. The minimum atomic E-state index is -1.000. The van der Waals surface area contributed by atoms with E-state index in [0.717, 1.165) is 64.4 Å². The van der Waals surface area contributed by atoms with Crippen LogP contribution in [0.5, 0.6) is 5.75 Å². The van der Waals surface area contributed by atoms with Gasteiger partial charge in [-0.05, 0) is 71.7 Å². The van der Waals surface area contributed by atoms with E-state index in [4.69, 9.17) is 9.47 Å². The second kappa shape index (κ2) is 25.4. The second-order valence-corrected chi connectivity index (χ2v) is 20.1. The molecule has 0 aliphatic carbocycles. The summed E-state index contributed by atoms with van der Waals surface area (Å²) in [6.07, 6.45) is 27.7.